The molecule has 0 spiro atoms. The van der Waals surface area contributed by atoms with E-state index in [0.29, 0.717) is 42.9 Å². The largest absolute Gasteiger partial charge is 0.494 e. The van der Waals surface area contributed by atoms with Crippen LogP contribution in [0.1, 0.15) is 38.1 Å². The molecule has 1 amide bonds. The molecule has 7 nitrogen and oxygen atoms in total. The Kier molecular flexibility index (Phi) is 6.90. The van der Waals surface area contributed by atoms with E-state index in [0.717, 1.165) is 30.8 Å². The fourth-order valence-electron chi connectivity index (χ4n) is 3.60. The molecule has 156 valence electrons. The van der Waals surface area contributed by atoms with Crippen LogP contribution in [0.4, 0.5) is 11.6 Å². The standard InChI is InChI=1S/C22H30N4O3/c1-5-28-18-9-10-20(29-6-2)19(13-18)25-21(27)17-8-7-11-26(14-17)22-23-15(3)12-16(4)24-22/h9-10,12-13,17H,5-8,11,14H2,1-4H3,(H,25,27)/t17-/m0/s1. The van der Waals surface area contributed by atoms with Crippen molar-refractivity contribution in [3.8, 4) is 11.5 Å². The van der Waals surface area contributed by atoms with Crippen LogP contribution in [-0.2, 0) is 4.79 Å². The minimum absolute atomic E-state index is 0.0197. The molecule has 1 aliphatic rings. The number of piperidine rings is 1. The number of ether oxygens (including phenoxy) is 2. The molecule has 2 heterocycles. The van der Waals surface area contributed by atoms with Crippen molar-refractivity contribution < 1.29 is 14.3 Å². The molecule has 1 aromatic heterocycles. The van der Waals surface area contributed by atoms with Gasteiger partial charge >= 0.3 is 0 Å². The molecule has 0 radical (unpaired) electrons. The second kappa shape index (κ2) is 9.58. The van der Waals surface area contributed by atoms with E-state index in [1.165, 1.54) is 0 Å². The van der Waals surface area contributed by atoms with Crippen molar-refractivity contribution in [3.63, 3.8) is 0 Å². The summed E-state index contributed by atoms with van der Waals surface area (Å²) in [6, 6.07) is 7.46. The highest BCUT2D eigenvalue weighted by molar-refractivity contribution is 5.94. The van der Waals surface area contributed by atoms with E-state index in [4.69, 9.17) is 9.47 Å². The number of hydrogen-bond acceptors (Lipinski definition) is 6. The smallest absolute Gasteiger partial charge is 0.229 e. The summed E-state index contributed by atoms with van der Waals surface area (Å²) in [4.78, 5) is 24.2. The first-order valence-electron chi connectivity index (χ1n) is 10.3. The van der Waals surface area contributed by atoms with Gasteiger partial charge in [0.05, 0.1) is 24.8 Å². The Labute approximate surface area is 172 Å². The van der Waals surface area contributed by atoms with Gasteiger partial charge in [0.25, 0.3) is 0 Å². The molecule has 0 unspecified atom stereocenters. The maximum Gasteiger partial charge on any atom is 0.229 e. The fourth-order valence-corrected chi connectivity index (χ4v) is 3.60. The van der Waals surface area contributed by atoms with Crippen LogP contribution in [0.3, 0.4) is 0 Å². The van der Waals surface area contributed by atoms with Gasteiger partial charge in [-0.15, -0.1) is 0 Å². The third-order valence-corrected chi connectivity index (χ3v) is 4.87. The summed E-state index contributed by atoms with van der Waals surface area (Å²) in [6.07, 6.45) is 1.76. The molecule has 1 saturated heterocycles. The van der Waals surface area contributed by atoms with Crippen LogP contribution in [-0.4, -0.2) is 42.2 Å². The normalized spacial score (nSPS) is 16.4. The maximum atomic E-state index is 13.0. The highest BCUT2D eigenvalue weighted by atomic mass is 16.5. The Morgan fingerprint density at radius 3 is 2.55 bits per heavy atom. The highest BCUT2D eigenvalue weighted by Gasteiger charge is 2.28. The van der Waals surface area contributed by atoms with Gasteiger partial charge in [0.1, 0.15) is 11.5 Å². The number of benzene rings is 1. The minimum atomic E-state index is -0.140. The topological polar surface area (TPSA) is 76.6 Å². The Morgan fingerprint density at radius 2 is 1.86 bits per heavy atom. The molecule has 0 bridgehead atoms. The predicted octanol–water partition coefficient (Wildman–Crippen LogP) is 3.75. The molecule has 1 aliphatic heterocycles. The third kappa shape index (κ3) is 5.37. The summed E-state index contributed by atoms with van der Waals surface area (Å²) in [7, 11) is 0. The molecular weight excluding hydrogens is 368 g/mol. The van der Waals surface area contributed by atoms with Gasteiger partial charge in [-0.05, 0) is 58.7 Å². The van der Waals surface area contributed by atoms with Gasteiger partial charge in [-0.1, -0.05) is 0 Å². The van der Waals surface area contributed by atoms with Crippen molar-refractivity contribution >= 4 is 17.5 Å². The van der Waals surface area contributed by atoms with Gasteiger partial charge in [0.2, 0.25) is 11.9 Å². The molecule has 7 heteroatoms. The summed E-state index contributed by atoms with van der Waals surface area (Å²) in [5.74, 6) is 1.90. The van der Waals surface area contributed by atoms with Crippen molar-refractivity contribution in [2.24, 2.45) is 5.92 Å². The zero-order chi connectivity index (χ0) is 20.8. The van der Waals surface area contributed by atoms with Gasteiger partial charge in [-0.2, -0.15) is 0 Å². The van der Waals surface area contributed by atoms with E-state index in [9.17, 15) is 4.79 Å². The molecule has 1 fully saturated rings. The molecule has 1 atom stereocenters. The quantitative estimate of drug-likeness (QED) is 0.766. The SMILES string of the molecule is CCOc1ccc(OCC)c(NC(=O)[C@H]2CCCN(c3nc(C)cc(C)n3)C2)c1. The summed E-state index contributed by atoms with van der Waals surface area (Å²) in [6.45, 7) is 10.3. The lowest BCUT2D eigenvalue weighted by Gasteiger charge is -2.32. The molecule has 0 saturated carbocycles. The number of nitrogens with zero attached hydrogens (tertiary/aromatic N) is 3. The van der Waals surface area contributed by atoms with Gasteiger partial charge in [0, 0.05) is 30.5 Å². The lowest BCUT2D eigenvalue weighted by atomic mass is 9.97. The number of carbonyl (C=O) groups excluding carboxylic acids is 1. The zero-order valence-electron chi connectivity index (χ0n) is 17.7. The summed E-state index contributed by atoms with van der Waals surface area (Å²) in [5.41, 5.74) is 2.52. The van der Waals surface area contributed by atoms with Crippen molar-refractivity contribution in [2.75, 3.05) is 36.5 Å². The van der Waals surface area contributed by atoms with Crippen molar-refractivity contribution in [2.45, 2.75) is 40.5 Å². The van der Waals surface area contributed by atoms with E-state index >= 15 is 0 Å². The van der Waals surface area contributed by atoms with Crippen LogP contribution in [0.5, 0.6) is 11.5 Å². The summed E-state index contributed by atoms with van der Waals surface area (Å²) >= 11 is 0. The number of hydrogen-bond donors (Lipinski definition) is 1. The molecular formula is C22H30N4O3. The number of rotatable bonds is 7. The van der Waals surface area contributed by atoms with E-state index in [1.54, 1.807) is 0 Å². The number of aromatic nitrogens is 2. The summed E-state index contributed by atoms with van der Waals surface area (Å²) < 4.78 is 11.2. The van der Waals surface area contributed by atoms with Crippen LogP contribution in [0.2, 0.25) is 0 Å². The minimum Gasteiger partial charge on any atom is -0.494 e. The van der Waals surface area contributed by atoms with Crippen LogP contribution in [0.25, 0.3) is 0 Å². The van der Waals surface area contributed by atoms with Crippen molar-refractivity contribution in [1.82, 2.24) is 9.97 Å². The van der Waals surface area contributed by atoms with Crippen molar-refractivity contribution in [3.05, 3.63) is 35.7 Å². The van der Waals surface area contributed by atoms with Crippen LogP contribution in [0.15, 0.2) is 24.3 Å². The lowest BCUT2D eigenvalue weighted by Crippen LogP contribution is -2.41. The summed E-state index contributed by atoms with van der Waals surface area (Å²) in [5, 5.41) is 3.05. The Hall–Kier alpha value is -2.83. The number of anilines is 2. The highest BCUT2D eigenvalue weighted by Crippen LogP contribution is 2.31. The first-order valence-corrected chi connectivity index (χ1v) is 10.3. The molecule has 3 rings (SSSR count). The van der Waals surface area contributed by atoms with Gasteiger partial charge in [0.15, 0.2) is 0 Å². The molecule has 1 aromatic carbocycles. The van der Waals surface area contributed by atoms with E-state index in [-0.39, 0.29) is 11.8 Å². The van der Waals surface area contributed by atoms with Crippen LogP contribution in [0, 0.1) is 19.8 Å². The van der Waals surface area contributed by atoms with Crippen molar-refractivity contribution in [1.29, 1.82) is 0 Å². The average molecular weight is 399 g/mol. The maximum absolute atomic E-state index is 13.0. The van der Waals surface area contributed by atoms with E-state index < -0.39 is 0 Å². The third-order valence-electron chi connectivity index (χ3n) is 4.87. The molecule has 29 heavy (non-hydrogen) atoms. The Balaban J connectivity index is 1.74. The molecule has 2 aromatic rings. The Bertz CT molecular complexity index is 836. The van der Waals surface area contributed by atoms with E-state index in [1.807, 2.05) is 52.0 Å². The van der Waals surface area contributed by atoms with Gasteiger partial charge in [-0.3, -0.25) is 4.79 Å². The first kappa shape index (κ1) is 20.9. The monoisotopic (exact) mass is 398 g/mol. The number of amides is 1. The zero-order valence-corrected chi connectivity index (χ0v) is 17.7. The molecule has 1 N–H and O–H groups in total. The van der Waals surface area contributed by atoms with Crippen LogP contribution >= 0.6 is 0 Å². The predicted molar refractivity (Wildman–Crippen MR) is 114 cm³/mol. The van der Waals surface area contributed by atoms with Crippen LogP contribution < -0.4 is 19.7 Å². The van der Waals surface area contributed by atoms with Gasteiger partial charge < -0.3 is 19.7 Å². The second-order valence-electron chi connectivity index (χ2n) is 7.25. The Morgan fingerprint density at radius 1 is 1.14 bits per heavy atom. The van der Waals surface area contributed by atoms with Gasteiger partial charge in [-0.25, -0.2) is 9.97 Å². The second-order valence-corrected chi connectivity index (χ2v) is 7.25. The van der Waals surface area contributed by atoms with E-state index in [2.05, 4.69) is 20.2 Å². The number of nitrogens with one attached hydrogen (secondary N) is 1. The lowest BCUT2D eigenvalue weighted by molar-refractivity contribution is -0.120. The number of aryl methyl sites for hydroxylation is 2. The average Bonchev–Trinajstić information content (AvgIpc) is 2.69. The first-order chi connectivity index (χ1) is 14.0. The number of carbonyl (C=O) groups is 1. The molecule has 0 aliphatic carbocycles. The fraction of sp³-hybridized carbons (Fsp3) is 0.500.